The van der Waals surface area contributed by atoms with E-state index in [0.717, 1.165) is 30.8 Å². The number of rotatable bonds is 1. The molecule has 0 saturated heterocycles. The lowest BCUT2D eigenvalue weighted by Gasteiger charge is -2.33. The van der Waals surface area contributed by atoms with Crippen LogP contribution in [0.4, 0.5) is 0 Å². The van der Waals surface area contributed by atoms with Crippen molar-refractivity contribution < 1.29 is 4.74 Å². The minimum absolute atomic E-state index is 0.223. The molecule has 0 fully saturated rings. The molecule has 0 amide bonds. The van der Waals surface area contributed by atoms with Crippen LogP contribution in [-0.2, 0) is 12.0 Å². The monoisotopic (exact) mass is 191 g/mol. The van der Waals surface area contributed by atoms with Gasteiger partial charge in [0.25, 0.3) is 0 Å². The van der Waals surface area contributed by atoms with Crippen molar-refractivity contribution in [1.29, 1.82) is 0 Å². The van der Waals surface area contributed by atoms with E-state index in [1.54, 1.807) is 0 Å². The Labute approximate surface area is 85.1 Å². The van der Waals surface area contributed by atoms with E-state index < -0.39 is 0 Å². The molecule has 2 nitrogen and oxygen atoms in total. The Morgan fingerprint density at radius 2 is 2.29 bits per heavy atom. The van der Waals surface area contributed by atoms with Crippen LogP contribution < -0.4 is 10.5 Å². The number of nitrogens with two attached hydrogens (primary N) is 1. The third-order valence-electron chi connectivity index (χ3n) is 2.96. The number of para-hydroxylation sites is 1. The van der Waals surface area contributed by atoms with Crippen molar-refractivity contribution in [2.75, 3.05) is 6.61 Å². The van der Waals surface area contributed by atoms with Gasteiger partial charge in [0.15, 0.2) is 0 Å². The van der Waals surface area contributed by atoms with Crippen LogP contribution in [-0.4, -0.2) is 6.61 Å². The molecule has 1 unspecified atom stereocenters. The highest BCUT2D eigenvalue weighted by molar-refractivity contribution is 5.46. The maximum Gasteiger partial charge on any atom is 0.127 e. The maximum absolute atomic E-state index is 6.23. The number of hydrogen-bond acceptors (Lipinski definition) is 2. The summed E-state index contributed by atoms with van der Waals surface area (Å²) in [5.74, 6) is 1.02. The molecule has 0 aliphatic carbocycles. The Bertz CT molecular complexity index is 344. The zero-order valence-electron chi connectivity index (χ0n) is 8.84. The molecule has 1 aliphatic rings. The van der Waals surface area contributed by atoms with Crippen LogP contribution in [0.1, 0.15) is 31.4 Å². The fourth-order valence-electron chi connectivity index (χ4n) is 1.98. The quantitative estimate of drug-likeness (QED) is 0.738. The predicted molar refractivity (Wildman–Crippen MR) is 57.5 cm³/mol. The second-order valence-electron chi connectivity index (χ2n) is 4.16. The number of ether oxygens (including phenoxy) is 1. The largest absolute Gasteiger partial charge is 0.493 e. The fraction of sp³-hybridized carbons (Fsp3) is 0.500. The molecule has 0 spiro atoms. The molecule has 76 valence electrons. The van der Waals surface area contributed by atoms with E-state index in [1.165, 1.54) is 5.56 Å². The van der Waals surface area contributed by atoms with Gasteiger partial charge in [0.2, 0.25) is 0 Å². The third kappa shape index (κ3) is 1.40. The highest BCUT2D eigenvalue weighted by atomic mass is 16.5. The molecule has 1 aromatic rings. The molecular weight excluding hydrogens is 174 g/mol. The predicted octanol–water partition coefficient (Wildman–Crippen LogP) is 2.21. The highest BCUT2D eigenvalue weighted by Crippen LogP contribution is 2.37. The lowest BCUT2D eigenvalue weighted by Crippen LogP contribution is -2.38. The van der Waals surface area contributed by atoms with Gasteiger partial charge in [-0.25, -0.2) is 0 Å². The summed E-state index contributed by atoms with van der Waals surface area (Å²) in [4.78, 5) is 0. The van der Waals surface area contributed by atoms with Gasteiger partial charge in [-0.05, 0) is 18.9 Å². The standard InChI is InChI=1S/C12H17NO/c1-3-9-5-4-6-10-11(9)14-8-7-12(10,2)13/h4-6H,3,7-8,13H2,1-2H3. The van der Waals surface area contributed by atoms with Crippen LogP contribution in [0.5, 0.6) is 5.75 Å². The van der Waals surface area contributed by atoms with Crippen molar-refractivity contribution in [2.24, 2.45) is 5.73 Å². The average molecular weight is 191 g/mol. The molecule has 14 heavy (non-hydrogen) atoms. The number of aryl methyl sites for hydroxylation is 1. The van der Waals surface area contributed by atoms with Crippen molar-refractivity contribution in [3.05, 3.63) is 29.3 Å². The summed E-state index contributed by atoms with van der Waals surface area (Å²) < 4.78 is 5.70. The summed E-state index contributed by atoms with van der Waals surface area (Å²) in [6, 6.07) is 6.26. The molecular formula is C12H17NO. The van der Waals surface area contributed by atoms with Crippen molar-refractivity contribution in [3.63, 3.8) is 0 Å². The van der Waals surface area contributed by atoms with Crippen LogP contribution in [0.3, 0.4) is 0 Å². The second-order valence-corrected chi connectivity index (χ2v) is 4.16. The molecule has 1 atom stereocenters. The Balaban J connectivity index is 2.55. The topological polar surface area (TPSA) is 35.2 Å². The molecule has 1 aromatic carbocycles. The maximum atomic E-state index is 6.23. The molecule has 0 saturated carbocycles. The molecule has 2 rings (SSSR count). The van der Waals surface area contributed by atoms with Crippen molar-refractivity contribution >= 4 is 0 Å². The van der Waals surface area contributed by atoms with Gasteiger partial charge in [0.1, 0.15) is 5.75 Å². The molecule has 0 bridgehead atoms. The van der Waals surface area contributed by atoms with Gasteiger partial charge >= 0.3 is 0 Å². The van der Waals surface area contributed by atoms with E-state index >= 15 is 0 Å². The smallest absolute Gasteiger partial charge is 0.127 e. The van der Waals surface area contributed by atoms with E-state index in [0.29, 0.717) is 0 Å². The number of fused-ring (bicyclic) bond motifs is 1. The minimum Gasteiger partial charge on any atom is -0.493 e. The van der Waals surface area contributed by atoms with Gasteiger partial charge in [0.05, 0.1) is 6.61 Å². The van der Waals surface area contributed by atoms with Crippen molar-refractivity contribution in [3.8, 4) is 5.75 Å². The van der Waals surface area contributed by atoms with Crippen LogP contribution in [0, 0.1) is 0 Å². The van der Waals surface area contributed by atoms with Gasteiger partial charge in [-0.1, -0.05) is 25.1 Å². The van der Waals surface area contributed by atoms with Crippen LogP contribution >= 0.6 is 0 Å². The molecule has 0 aromatic heterocycles. The molecule has 0 radical (unpaired) electrons. The third-order valence-corrected chi connectivity index (χ3v) is 2.96. The summed E-state index contributed by atoms with van der Waals surface area (Å²) in [6.45, 7) is 4.95. The SMILES string of the molecule is CCc1cccc2c1OCCC2(C)N. The summed E-state index contributed by atoms with van der Waals surface area (Å²) in [5.41, 5.74) is 8.43. The first kappa shape index (κ1) is 9.53. The van der Waals surface area contributed by atoms with Gasteiger partial charge in [-0.2, -0.15) is 0 Å². The zero-order valence-corrected chi connectivity index (χ0v) is 8.84. The van der Waals surface area contributed by atoms with E-state index in [4.69, 9.17) is 10.5 Å². The molecule has 2 N–H and O–H groups in total. The van der Waals surface area contributed by atoms with Gasteiger partial charge in [-0.3, -0.25) is 0 Å². The number of benzene rings is 1. The Morgan fingerprint density at radius 1 is 1.50 bits per heavy atom. The Hall–Kier alpha value is -1.02. The first-order chi connectivity index (χ1) is 6.65. The minimum atomic E-state index is -0.223. The van der Waals surface area contributed by atoms with E-state index in [9.17, 15) is 0 Å². The summed E-state index contributed by atoms with van der Waals surface area (Å²) in [7, 11) is 0. The molecule has 1 aliphatic heterocycles. The number of hydrogen-bond donors (Lipinski definition) is 1. The Kier molecular flexibility index (Phi) is 2.23. The van der Waals surface area contributed by atoms with E-state index in [1.807, 2.05) is 0 Å². The lowest BCUT2D eigenvalue weighted by molar-refractivity contribution is 0.225. The van der Waals surface area contributed by atoms with Crippen molar-refractivity contribution in [1.82, 2.24) is 0 Å². The van der Waals surface area contributed by atoms with Gasteiger partial charge < -0.3 is 10.5 Å². The summed E-state index contributed by atoms with van der Waals surface area (Å²) in [5, 5.41) is 0. The normalized spacial score (nSPS) is 25.4. The lowest BCUT2D eigenvalue weighted by atomic mass is 9.86. The first-order valence-electron chi connectivity index (χ1n) is 5.19. The van der Waals surface area contributed by atoms with Crippen LogP contribution in [0.25, 0.3) is 0 Å². The highest BCUT2D eigenvalue weighted by Gasteiger charge is 2.29. The van der Waals surface area contributed by atoms with Gasteiger partial charge in [-0.15, -0.1) is 0 Å². The summed E-state index contributed by atoms with van der Waals surface area (Å²) in [6.07, 6.45) is 1.90. The second kappa shape index (κ2) is 3.28. The van der Waals surface area contributed by atoms with Gasteiger partial charge in [0, 0.05) is 17.5 Å². The average Bonchev–Trinajstić information content (AvgIpc) is 2.17. The molecule has 2 heteroatoms. The molecule has 1 heterocycles. The van der Waals surface area contributed by atoms with Crippen molar-refractivity contribution in [2.45, 2.75) is 32.2 Å². The summed E-state index contributed by atoms with van der Waals surface area (Å²) >= 11 is 0. The van der Waals surface area contributed by atoms with Crippen LogP contribution in [0.15, 0.2) is 18.2 Å². The van der Waals surface area contributed by atoms with E-state index in [-0.39, 0.29) is 5.54 Å². The fourth-order valence-corrected chi connectivity index (χ4v) is 1.98. The zero-order chi connectivity index (χ0) is 10.2. The first-order valence-corrected chi connectivity index (χ1v) is 5.19. The van der Waals surface area contributed by atoms with Crippen LogP contribution in [0.2, 0.25) is 0 Å². The van der Waals surface area contributed by atoms with E-state index in [2.05, 4.69) is 32.0 Å². The Morgan fingerprint density at radius 3 is 3.00 bits per heavy atom.